The molecule has 0 fully saturated rings. The first-order valence-electron chi connectivity index (χ1n) is 9.50. The third kappa shape index (κ3) is 9.13. The Morgan fingerprint density at radius 2 is 1.52 bits per heavy atom. The highest BCUT2D eigenvalue weighted by Gasteiger charge is 2.14. The Kier molecular flexibility index (Phi) is 11.2. The molecule has 0 aliphatic carbocycles. The summed E-state index contributed by atoms with van der Waals surface area (Å²) in [6.07, 6.45) is 9.62. The van der Waals surface area contributed by atoms with Gasteiger partial charge in [0.05, 0.1) is 12.3 Å². The minimum absolute atomic E-state index is 0.498. The van der Waals surface area contributed by atoms with E-state index in [-0.39, 0.29) is 0 Å². The van der Waals surface area contributed by atoms with Crippen LogP contribution in [0, 0.1) is 0 Å². The zero-order valence-electron chi connectivity index (χ0n) is 15.6. The summed E-state index contributed by atoms with van der Waals surface area (Å²) >= 11 is 0. The molecule has 0 aliphatic rings. The van der Waals surface area contributed by atoms with E-state index >= 15 is 0 Å². The lowest BCUT2D eigenvalue weighted by atomic mass is 10.1. The van der Waals surface area contributed by atoms with E-state index < -0.39 is 11.8 Å². The number of para-hydroxylation sites is 2. The lowest BCUT2D eigenvalue weighted by Crippen LogP contribution is -2.36. The standard InChI is InChI=1S/C20H32N2O3/c1-3-5-6-7-8-9-10-13-16-21-19(23)20(24)22-17-14-11-12-15-18(17)25-4-2/h11-12,14-15H,3-10,13,16H2,1-2H3,(H,21,23)(H,22,24). The Bertz CT molecular complexity index is 517. The number of nitrogens with one attached hydrogen (secondary N) is 2. The zero-order valence-corrected chi connectivity index (χ0v) is 15.6. The summed E-state index contributed by atoms with van der Waals surface area (Å²) in [7, 11) is 0. The molecule has 5 heteroatoms. The monoisotopic (exact) mass is 348 g/mol. The summed E-state index contributed by atoms with van der Waals surface area (Å²) in [5.41, 5.74) is 0.511. The van der Waals surface area contributed by atoms with Gasteiger partial charge in [0.1, 0.15) is 5.75 Å². The molecule has 2 N–H and O–H groups in total. The summed E-state index contributed by atoms with van der Waals surface area (Å²) < 4.78 is 5.43. The fraction of sp³-hybridized carbons (Fsp3) is 0.600. The van der Waals surface area contributed by atoms with Gasteiger partial charge in [0.15, 0.2) is 0 Å². The van der Waals surface area contributed by atoms with E-state index in [1.165, 1.54) is 38.5 Å². The van der Waals surface area contributed by atoms with Crippen molar-refractivity contribution in [3.8, 4) is 5.75 Å². The van der Waals surface area contributed by atoms with Gasteiger partial charge in [0, 0.05) is 6.54 Å². The van der Waals surface area contributed by atoms with Crippen LogP contribution in [0.5, 0.6) is 5.75 Å². The van der Waals surface area contributed by atoms with E-state index in [0.717, 1.165) is 12.8 Å². The summed E-state index contributed by atoms with van der Waals surface area (Å²) in [5, 5.41) is 5.27. The molecule has 1 aromatic rings. The molecule has 0 bridgehead atoms. The Labute approximate surface area is 151 Å². The topological polar surface area (TPSA) is 67.4 Å². The van der Waals surface area contributed by atoms with Crippen LogP contribution in [-0.4, -0.2) is 25.0 Å². The number of benzene rings is 1. The lowest BCUT2D eigenvalue weighted by molar-refractivity contribution is -0.136. The fourth-order valence-corrected chi connectivity index (χ4v) is 2.57. The van der Waals surface area contributed by atoms with Crippen molar-refractivity contribution < 1.29 is 14.3 Å². The van der Waals surface area contributed by atoms with Crippen molar-refractivity contribution in [2.75, 3.05) is 18.5 Å². The van der Waals surface area contributed by atoms with Gasteiger partial charge < -0.3 is 15.4 Å². The van der Waals surface area contributed by atoms with Crippen LogP contribution in [0.2, 0.25) is 0 Å². The first-order chi connectivity index (χ1) is 12.2. The molecular weight excluding hydrogens is 316 g/mol. The van der Waals surface area contributed by atoms with E-state index in [4.69, 9.17) is 4.74 Å². The molecule has 0 spiro atoms. The zero-order chi connectivity index (χ0) is 18.3. The van der Waals surface area contributed by atoms with Gasteiger partial charge in [-0.15, -0.1) is 0 Å². The Morgan fingerprint density at radius 1 is 0.880 bits per heavy atom. The predicted octanol–water partition coefficient (Wildman–Crippen LogP) is 4.28. The molecule has 1 aromatic carbocycles. The number of carbonyl (C=O) groups excluding carboxylic acids is 2. The third-order valence-corrected chi connectivity index (χ3v) is 3.96. The highest BCUT2D eigenvalue weighted by molar-refractivity contribution is 6.39. The third-order valence-electron chi connectivity index (χ3n) is 3.96. The van der Waals surface area contributed by atoms with Gasteiger partial charge in [-0.2, -0.15) is 0 Å². The molecule has 0 heterocycles. The highest BCUT2D eigenvalue weighted by Crippen LogP contribution is 2.23. The molecule has 0 saturated heterocycles. The molecule has 1 rings (SSSR count). The fourth-order valence-electron chi connectivity index (χ4n) is 2.57. The van der Waals surface area contributed by atoms with Gasteiger partial charge in [-0.25, -0.2) is 0 Å². The van der Waals surface area contributed by atoms with Crippen LogP contribution in [0.3, 0.4) is 0 Å². The lowest BCUT2D eigenvalue weighted by Gasteiger charge is -2.11. The number of hydrogen-bond donors (Lipinski definition) is 2. The second-order valence-electron chi connectivity index (χ2n) is 6.11. The highest BCUT2D eigenvalue weighted by atomic mass is 16.5. The van der Waals surface area contributed by atoms with Gasteiger partial charge >= 0.3 is 11.8 Å². The SMILES string of the molecule is CCCCCCCCCCNC(=O)C(=O)Nc1ccccc1OCC. The molecular formula is C20H32N2O3. The van der Waals surface area contributed by atoms with Gasteiger partial charge in [-0.3, -0.25) is 9.59 Å². The van der Waals surface area contributed by atoms with Crippen molar-refractivity contribution in [1.82, 2.24) is 5.32 Å². The van der Waals surface area contributed by atoms with Crippen LogP contribution >= 0.6 is 0 Å². The van der Waals surface area contributed by atoms with Crippen molar-refractivity contribution in [2.45, 2.75) is 65.2 Å². The number of hydrogen-bond acceptors (Lipinski definition) is 3. The molecule has 0 atom stereocenters. The molecule has 140 valence electrons. The summed E-state index contributed by atoms with van der Waals surface area (Å²) in [5.74, 6) is -0.699. The van der Waals surface area contributed by atoms with Crippen molar-refractivity contribution in [2.24, 2.45) is 0 Å². The maximum absolute atomic E-state index is 12.0. The molecule has 2 amide bonds. The molecule has 0 aliphatic heterocycles. The number of amides is 2. The molecule has 0 aromatic heterocycles. The maximum atomic E-state index is 12.0. The first-order valence-corrected chi connectivity index (χ1v) is 9.50. The normalized spacial score (nSPS) is 10.3. The maximum Gasteiger partial charge on any atom is 0.313 e. The number of anilines is 1. The summed E-state index contributed by atoms with van der Waals surface area (Å²) in [6, 6.07) is 7.09. The smallest absolute Gasteiger partial charge is 0.313 e. The van der Waals surface area contributed by atoms with Crippen LogP contribution in [-0.2, 0) is 9.59 Å². The number of ether oxygens (including phenoxy) is 1. The van der Waals surface area contributed by atoms with Crippen molar-refractivity contribution >= 4 is 17.5 Å². The summed E-state index contributed by atoms with van der Waals surface area (Å²) in [6.45, 7) is 5.12. The minimum atomic E-state index is -0.660. The van der Waals surface area contributed by atoms with E-state index in [0.29, 0.717) is 24.6 Å². The number of unbranched alkanes of at least 4 members (excludes halogenated alkanes) is 7. The van der Waals surface area contributed by atoms with E-state index in [1.54, 1.807) is 18.2 Å². The second kappa shape index (κ2) is 13.3. The van der Waals surface area contributed by atoms with Crippen molar-refractivity contribution in [3.63, 3.8) is 0 Å². The number of carbonyl (C=O) groups is 2. The Morgan fingerprint density at radius 3 is 2.20 bits per heavy atom. The molecule has 5 nitrogen and oxygen atoms in total. The molecule has 25 heavy (non-hydrogen) atoms. The second-order valence-corrected chi connectivity index (χ2v) is 6.11. The van der Waals surface area contributed by atoms with Gasteiger partial charge in [0.25, 0.3) is 0 Å². The van der Waals surface area contributed by atoms with Crippen molar-refractivity contribution in [3.05, 3.63) is 24.3 Å². The largest absolute Gasteiger partial charge is 0.492 e. The van der Waals surface area contributed by atoms with E-state index in [1.807, 2.05) is 13.0 Å². The van der Waals surface area contributed by atoms with Gasteiger partial charge in [-0.1, -0.05) is 64.0 Å². The van der Waals surface area contributed by atoms with Crippen LogP contribution in [0.4, 0.5) is 5.69 Å². The van der Waals surface area contributed by atoms with Crippen LogP contribution in [0.1, 0.15) is 65.2 Å². The van der Waals surface area contributed by atoms with E-state index in [2.05, 4.69) is 17.6 Å². The first kappa shape index (κ1) is 21.0. The van der Waals surface area contributed by atoms with E-state index in [9.17, 15) is 9.59 Å². The predicted molar refractivity (Wildman–Crippen MR) is 102 cm³/mol. The quantitative estimate of drug-likeness (QED) is 0.437. The van der Waals surface area contributed by atoms with Crippen molar-refractivity contribution in [1.29, 1.82) is 0 Å². The van der Waals surface area contributed by atoms with Gasteiger partial charge in [0.2, 0.25) is 0 Å². The molecule has 0 unspecified atom stereocenters. The van der Waals surface area contributed by atoms with Crippen LogP contribution < -0.4 is 15.4 Å². The number of rotatable bonds is 12. The Balaban J connectivity index is 2.19. The molecule has 0 saturated carbocycles. The average Bonchev–Trinajstić information content (AvgIpc) is 2.62. The minimum Gasteiger partial charge on any atom is -0.492 e. The van der Waals surface area contributed by atoms with Crippen LogP contribution in [0.25, 0.3) is 0 Å². The van der Waals surface area contributed by atoms with Crippen LogP contribution in [0.15, 0.2) is 24.3 Å². The average molecular weight is 348 g/mol. The van der Waals surface area contributed by atoms with Gasteiger partial charge in [-0.05, 0) is 25.5 Å². The Hall–Kier alpha value is -2.04. The molecule has 0 radical (unpaired) electrons. The summed E-state index contributed by atoms with van der Waals surface area (Å²) in [4.78, 5) is 23.8.